The van der Waals surface area contributed by atoms with E-state index in [9.17, 15) is 9.50 Å². The molecule has 2 aromatic rings. The first-order valence-corrected chi connectivity index (χ1v) is 7.10. The van der Waals surface area contributed by atoms with Crippen molar-refractivity contribution < 1.29 is 19.6 Å². The van der Waals surface area contributed by atoms with Gasteiger partial charge in [0.05, 0.1) is 6.10 Å². The normalized spacial score (nSPS) is 12.1. The fourth-order valence-electron chi connectivity index (χ4n) is 2.06. The van der Waals surface area contributed by atoms with Crippen molar-refractivity contribution in [1.82, 2.24) is 0 Å². The second-order valence-electron chi connectivity index (χ2n) is 5.07. The van der Waals surface area contributed by atoms with E-state index in [-0.39, 0.29) is 18.5 Å². The minimum atomic E-state index is -0.337. The summed E-state index contributed by atoms with van der Waals surface area (Å²) in [4.78, 5) is 0. The number of aliphatic hydroxyl groups is 1. The molecular weight excluding hydrogens is 269 g/mol. The largest absolute Gasteiger partial charge is 0.488 e. The summed E-state index contributed by atoms with van der Waals surface area (Å²) in [7, 11) is 0. The molecule has 3 nitrogen and oxygen atoms in total. The van der Waals surface area contributed by atoms with Crippen LogP contribution in [0, 0.1) is 5.82 Å². The lowest BCUT2D eigenvalue weighted by atomic mass is 10.2. The van der Waals surface area contributed by atoms with E-state index in [4.69, 9.17) is 4.74 Å². The summed E-state index contributed by atoms with van der Waals surface area (Å²) in [5, 5.41) is 11.3. The van der Waals surface area contributed by atoms with Crippen molar-refractivity contribution >= 4 is 0 Å². The van der Waals surface area contributed by atoms with Gasteiger partial charge in [-0.2, -0.15) is 0 Å². The average molecular weight is 290 g/mol. The van der Waals surface area contributed by atoms with E-state index in [2.05, 4.69) is 0 Å². The van der Waals surface area contributed by atoms with Crippen molar-refractivity contribution in [3.05, 3.63) is 65.5 Å². The molecule has 0 fully saturated rings. The highest BCUT2D eigenvalue weighted by molar-refractivity contribution is 5.33. The van der Waals surface area contributed by atoms with E-state index in [0.717, 1.165) is 17.9 Å². The Morgan fingerprint density at radius 3 is 2.48 bits per heavy atom. The number of rotatable bonds is 7. The van der Waals surface area contributed by atoms with Crippen LogP contribution in [0.4, 0.5) is 4.39 Å². The summed E-state index contributed by atoms with van der Waals surface area (Å²) in [5.41, 5.74) is 1.58. The van der Waals surface area contributed by atoms with Gasteiger partial charge in [-0.3, -0.25) is 0 Å². The number of para-hydroxylation sites is 1. The minimum Gasteiger partial charge on any atom is -0.488 e. The van der Waals surface area contributed by atoms with Gasteiger partial charge in [0.15, 0.2) is 0 Å². The van der Waals surface area contributed by atoms with Gasteiger partial charge in [0.1, 0.15) is 31.3 Å². The minimum absolute atomic E-state index is 0.208. The van der Waals surface area contributed by atoms with Crippen LogP contribution in [0.25, 0.3) is 0 Å². The molecule has 0 aromatic heterocycles. The Morgan fingerprint density at radius 2 is 1.76 bits per heavy atom. The standard InChI is InChI=1S/C17H20FNO2/c1-13(20)10-19-11-14-6-3-5-9-17(14)21-12-15-7-2-4-8-16(15)18/h2-9,13,19-20H,10-12H2,1H3/p+1/t13-/m0/s1. The monoisotopic (exact) mass is 290 g/mol. The highest BCUT2D eigenvalue weighted by Crippen LogP contribution is 2.19. The summed E-state index contributed by atoms with van der Waals surface area (Å²) in [6, 6.07) is 14.3. The van der Waals surface area contributed by atoms with E-state index in [1.165, 1.54) is 6.07 Å². The van der Waals surface area contributed by atoms with Crippen molar-refractivity contribution in [2.75, 3.05) is 6.54 Å². The zero-order valence-corrected chi connectivity index (χ0v) is 12.1. The van der Waals surface area contributed by atoms with Gasteiger partial charge in [-0.05, 0) is 25.1 Å². The fraction of sp³-hybridized carbons (Fsp3) is 0.294. The van der Waals surface area contributed by atoms with Crippen LogP contribution in [0.1, 0.15) is 18.1 Å². The molecule has 0 spiro atoms. The van der Waals surface area contributed by atoms with Gasteiger partial charge in [0.2, 0.25) is 0 Å². The number of quaternary nitrogens is 1. The van der Waals surface area contributed by atoms with Crippen molar-refractivity contribution in [2.24, 2.45) is 0 Å². The molecule has 0 unspecified atom stereocenters. The van der Waals surface area contributed by atoms with Crippen LogP contribution in [0.5, 0.6) is 5.75 Å². The molecule has 0 amide bonds. The molecular formula is C17H21FNO2+. The molecule has 0 saturated carbocycles. The van der Waals surface area contributed by atoms with Gasteiger partial charge < -0.3 is 15.2 Å². The predicted molar refractivity (Wildman–Crippen MR) is 79.4 cm³/mol. The maximum absolute atomic E-state index is 13.6. The number of ether oxygens (including phenoxy) is 1. The Morgan fingerprint density at radius 1 is 1.10 bits per heavy atom. The second-order valence-corrected chi connectivity index (χ2v) is 5.07. The van der Waals surface area contributed by atoms with Crippen LogP contribution >= 0.6 is 0 Å². The molecule has 0 heterocycles. The molecule has 0 bridgehead atoms. The lowest BCUT2D eigenvalue weighted by Crippen LogP contribution is -2.84. The Bertz CT molecular complexity index is 572. The van der Waals surface area contributed by atoms with Crippen molar-refractivity contribution in [3.8, 4) is 5.75 Å². The summed E-state index contributed by atoms with van der Waals surface area (Å²) in [5.74, 6) is 0.498. The number of benzene rings is 2. The van der Waals surface area contributed by atoms with E-state index in [0.29, 0.717) is 12.1 Å². The fourth-order valence-corrected chi connectivity index (χ4v) is 2.06. The molecule has 0 aliphatic heterocycles. The lowest BCUT2D eigenvalue weighted by molar-refractivity contribution is -0.676. The first kappa shape index (κ1) is 15.5. The van der Waals surface area contributed by atoms with E-state index >= 15 is 0 Å². The summed E-state index contributed by atoms with van der Waals surface area (Å²) in [6.07, 6.45) is -0.337. The Kier molecular flexibility index (Phi) is 5.72. The molecule has 3 N–H and O–H groups in total. The molecule has 2 aromatic carbocycles. The zero-order valence-electron chi connectivity index (χ0n) is 12.1. The molecule has 1 atom stereocenters. The van der Waals surface area contributed by atoms with Crippen molar-refractivity contribution in [2.45, 2.75) is 26.2 Å². The molecule has 4 heteroatoms. The molecule has 0 aliphatic carbocycles. The maximum atomic E-state index is 13.6. The molecule has 21 heavy (non-hydrogen) atoms. The van der Waals surface area contributed by atoms with Gasteiger partial charge in [-0.15, -0.1) is 0 Å². The summed E-state index contributed by atoms with van der Waals surface area (Å²) in [6.45, 7) is 3.33. The molecule has 0 radical (unpaired) electrons. The average Bonchev–Trinajstić information content (AvgIpc) is 2.47. The van der Waals surface area contributed by atoms with Gasteiger partial charge in [0.25, 0.3) is 0 Å². The van der Waals surface area contributed by atoms with Crippen LogP contribution in [-0.4, -0.2) is 17.8 Å². The highest BCUT2D eigenvalue weighted by Gasteiger charge is 2.07. The third kappa shape index (κ3) is 4.85. The Balaban J connectivity index is 1.98. The lowest BCUT2D eigenvalue weighted by Gasteiger charge is -2.11. The van der Waals surface area contributed by atoms with Crippen molar-refractivity contribution in [1.29, 1.82) is 0 Å². The Hall–Kier alpha value is -1.91. The van der Waals surface area contributed by atoms with Crippen LogP contribution in [0.15, 0.2) is 48.5 Å². The van der Waals surface area contributed by atoms with Gasteiger partial charge in [-0.1, -0.05) is 30.3 Å². The maximum Gasteiger partial charge on any atom is 0.129 e. The highest BCUT2D eigenvalue weighted by atomic mass is 19.1. The van der Waals surface area contributed by atoms with Gasteiger partial charge in [0, 0.05) is 11.1 Å². The number of halogens is 1. The van der Waals surface area contributed by atoms with Crippen molar-refractivity contribution in [3.63, 3.8) is 0 Å². The van der Waals surface area contributed by atoms with E-state index < -0.39 is 0 Å². The van der Waals surface area contributed by atoms with Crippen LogP contribution in [0.2, 0.25) is 0 Å². The Labute approximate surface area is 124 Å². The molecule has 0 saturated heterocycles. The number of nitrogens with two attached hydrogens (primary N) is 1. The topological polar surface area (TPSA) is 46.1 Å². The molecule has 0 aliphatic rings. The van der Waals surface area contributed by atoms with Crippen LogP contribution in [-0.2, 0) is 13.2 Å². The smallest absolute Gasteiger partial charge is 0.129 e. The van der Waals surface area contributed by atoms with Crippen LogP contribution in [0.3, 0.4) is 0 Å². The zero-order chi connectivity index (χ0) is 15.1. The molecule has 2 rings (SSSR count). The summed E-state index contributed by atoms with van der Waals surface area (Å²) >= 11 is 0. The predicted octanol–water partition coefficient (Wildman–Crippen LogP) is 1.85. The quantitative estimate of drug-likeness (QED) is 0.817. The number of hydrogen-bond acceptors (Lipinski definition) is 2. The number of hydrogen-bond donors (Lipinski definition) is 2. The van der Waals surface area contributed by atoms with Crippen LogP contribution < -0.4 is 10.1 Å². The first-order valence-electron chi connectivity index (χ1n) is 7.10. The first-order chi connectivity index (χ1) is 10.2. The second kappa shape index (κ2) is 7.76. The van der Waals surface area contributed by atoms with E-state index in [1.807, 2.05) is 29.6 Å². The molecule has 112 valence electrons. The van der Waals surface area contributed by atoms with E-state index in [1.54, 1.807) is 25.1 Å². The number of aliphatic hydroxyl groups excluding tert-OH is 1. The van der Waals surface area contributed by atoms with Gasteiger partial charge in [-0.25, -0.2) is 4.39 Å². The SMILES string of the molecule is C[C@H](O)C[NH2+]Cc1ccccc1OCc1ccccc1F. The third-order valence-corrected chi connectivity index (χ3v) is 3.19. The summed E-state index contributed by atoms with van der Waals surface area (Å²) < 4.78 is 19.3. The third-order valence-electron chi connectivity index (χ3n) is 3.19. The van der Waals surface area contributed by atoms with Gasteiger partial charge >= 0.3 is 0 Å².